The lowest BCUT2D eigenvalue weighted by atomic mass is 10.5. The van der Waals surface area contributed by atoms with Crippen LogP contribution in [0.5, 0.6) is 0 Å². The lowest BCUT2D eigenvalue weighted by Crippen LogP contribution is -2.09. The maximum absolute atomic E-state index is 12.4. The first kappa shape index (κ1) is 15.0. The van der Waals surface area contributed by atoms with E-state index >= 15 is 0 Å². The summed E-state index contributed by atoms with van der Waals surface area (Å²) in [4.78, 5) is 0. The Morgan fingerprint density at radius 1 is 1.20 bits per heavy atom. The van der Waals surface area contributed by atoms with Crippen LogP contribution in [0.25, 0.3) is 0 Å². The zero-order chi connectivity index (χ0) is 14.4. The first-order valence-electron chi connectivity index (χ1n) is 6.53. The fraction of sp³-hybridized carbons (Fsp3) is 0.500. The van der Waals surface area contributed by atoms with E-state index in [1.54, 1.807) is 29.4 Å². The van der Waals surface area contributed by atoms with E-state index in [2.05, 4.69) is 10.2 Å². The van der Waals surface area contributed by atoms with Crippen LogP contribution >= 0.6 is 7.60 Å². The summed E-state index contributed by atoms with van der Waals surface area (Å²) in [5, 5.41) is 8.46. The third-order valence-electron chi connectivity index (χ3n) is 2.55. The van der Waals surface area contributed by atoms with Gasteiger partial charge in [0.15, 0.2) is 0 Å². The zero-order valence-corrected chi connectivity index (χ0v) is 12.6. The molecule has 2 rings (SSSR count). The second-order valence-electron chi connectivity index (χ2n) is 4.14. The Bertz CT molecular complexity index is 557. The van der Waals surface area contributed by atoms with Crippen LogP contribution in [0.3, 0.4) is 0 Å². The Kier molecular flexibility index (Phi) is 5.11. The van der Waals surface area contributed by atoms with Crippen LogP contribution < -0.4 is 0 Å². The van der Waals surface area contributed by atoms with Gasteiger partial charge in [-0.3, -0.25) is 13.9 Å². The molecule has 0 aliphatic heterocycles. The molecule has 0 radical (unpaired) electrons. The predicted octanol–water partition coefficient (Wildman–Crippen LogP) is 2.35. The van der Waals surface area contributed by atoms with Gasteiger partial charge >= 0.3 is 7.60 Å². The quantitative estimate of drug-likeness (QED) is 0.700. The van der Waals surface area contributed by atoms with Crippen molar-refractivity contribution >= 4 is 7.60 Å². The number of aromatic nitrogens is 4. The molecule has 2 aromatic heterocycles. The Hall–Kier alpha value is -1.43. The molecule has 0 amide bonds. The fourth-order valence-electron chi connectivity index (χ4n) is 1.82. The first-order chi connectivity index (χ1) is 9.65. The summed E-state index contributed by atoms with van der Waals surface area (Å²) in [6.07, 6.45) is 5.56. The molecule has 2 heterocycles. The minimum absolute atomic E-state index is 0.181. The molecule has 0 saturated heterocycles. The number of rotatable bonds is 8. The molecule has 0 aromatic carbocycles. The Balaban J connectivity index is 2.02. The Morgan fingerprint density at radius 3 is 2.55 bits per heavy atom. The molecule has 0 atom stereocenters. The largest absolute Gasteiger partial charge is 0.336 e. The summed E-state index contributed by atoms with van der Waals surface area (Å²) < 4.78 is 26.4. The fourth-order valence-corrected chi connectivity index (χ4v) is 3.43. The number of hydrogen-bond donors (Lipinski definition) is 0. The van der Waals surface area contributed by atoms with Gasteiger partial charge in [0.2, 0.25) is 0 Å². The molecule has 110 valence electrons. The number of nitrogens with zero attached hydrogens (tertiary/aromatic N) is 4. The Morgan fingerprint density at radius 2 is 1.95 bits per heavy atom. The number of hydrogen-bond acceptors (Lipinski definition) is 5. The summed E-state index contributed by atoms with van der Waals surface area (Å²) in [5.41, 5.74) is 0.683. The zero-order valence-electron chi connectivity index (χ0n) is 11.7. The van der Waals surface area contributed by atoms with E-state index in [-0.39, 0.29) is 6.16 Å². The van der Waals surface area contributed by atoms with Crippen molar-refractivity contribution in [3.63, 3.8) is 0 Å². The van der Waals surface area contributed by atoms with Gasteiger partial charge in [-0.1, -0.05) is 0 Å². The van der Waals surface area contributed by atoms with E-state index in [0.717, 1.165) is 0 Å². The second kappa shape index (κ2) is 6.83. The van der Waals surface area contributed by atoms with Crippen molar-refractivity contribution in [1.29, 1.82) is 0 Å². The highest BCUT2D eigenvalue weighted by atomic mass is 31.2. The molecule has 2 aromatic rings. The smallest absolute Gasteiger partial charge is 0.309 e. The third kappa shape index (κ3) is 4.03. The van der Waals surface area contributed by atoms with Crippen molar-refractivity contribution < 1.29 is 13.6 Å². The molecule has 0 N–H and O–H groups in total. The van der Waals surface area contributed by atoms with Gasteiger partial charge in [0, 0.05) is 18.6 Å². The third-order valence-corrected chi connectivity index (χ3v) is 4.57. The molecule has 0 aliphatic rings. The van der Waals surface area contributed by atoms with Crippen molar-refractivity contribution in [3.8, 4) is 0 Å². The van der Waals surface area contributed by atoms with Gasteiger partial charge < -0.3 is 9.05 Å². The van der Waals surface area contributed by atoms with Crippen LogP contribution in [0.4, 0.5) is 0 Å². The standard InChI is InChI=1S/C12H19N4O3P/c1-3-18-20(17,19-4-2)10-12-6-9-16(14-12)11-15-8-5-7-13-15/h5-9H,3-4,10-11H2,1-2H3. The van der Waals surface area contributed by atoms with E-state index in [4.69, 9.17) is 9.05 Å². The Labute approximate surface area is 118 Å². The van der Waals surface area contributed by atoms with Gasteiger partial charge in [0.25, 0.3) is 0 Å². The van der Waals surface area contributed by atoms with E-state index < -0.39 is 7.60 Å². The van der Waals surface area contributed by atoms with Crippen molar-refractivity contribution in [2.75, 3.05) is 13.2 Å². The summed E-state index contributed by atoms with van der Waals surface area (Å²) in [7, 11) is -3.10. The average Bonchev–Trinajstić information content (AvgIpc) is 3.02. The van der Waals surface area contributed by atoms with Gasteiger partial charge in [-0.2, -0.15) is 10.2 Å². The van der Waals surface area contributed by atoms with E-state index in [1.807, 2.05) is 24.5 Å². The minimum atomic E-state index is -3.10. The first-order valence-corrected chi connectivity index (χ1v) is 8.26. The van der Waals surface area contributed by atoms with Crippen LogP contribution in [-0.2, 0) is 26.4 Å². The average molecular weight is 298 g/mol. The van der Waals surface area contributed by atoms with Crippen molar-refractivity contribution in [2.24, 2.45) is 0 Å². The molecular formula is C12H19N4O3P. The second-order valence-corrected chi connectivity index (χ2v) is 6.19. The van der Waals surface area contributed by atoms with E-state index in [1.165, 1.54) is 0 Å². The van der Waals surface area contributed by atoms with Crippen LogP contribution in [-0.4, -0.2) is 32.8 Å². The summed E-state index contributed by atoms with van der Waals surface area (Å²) in [6, 6.07) is 3.66. The minimum Gasteiger partial charge on any atom is -0.309 e. The van der Waals surface area contributed by atoms with Crippen molar-refractivity contribution in [1.82, 2.24) is 19.6 Å². The van der Waals surface area contributed by atoms with Crippen LogP contribution in [0, 0.1) is 0 Å². The summed E-state index contributed by atoms with van der Waals surface area (Å²) in [5.74, 6) is 0. The molecular weight excluding hydrogens is 279 g/mol. The molecule has 0 spiro atoms. The van der Waals surface area contributed by atoms with E-state index in [0.29, 0.717) is 25.6 Å². The molecule has 0 saturated carbocycles. The van der Waals surface area contributed by atoms with E-state index in [9.17, 15) is 4.57 Å². The maximum Gasteiger partial charge on any atom is 0.336 e. The maximum atomic E-state index is 12.4. The summed E-state index contributed by atoms with van der Waals surface area (Å²) in [6.45, 7) is 4.81. The highest BCUT2D eigenvalue weighted by Crippen LogP contribution is 2.50. The van der Waals surface area contributed by atoms with Crippen LogP contribution in [0.15, 0.2) is 30.7 Å². The molecule has 0 aliphatic carbocycles. The topological polar surface area (TPSA) is 71.2 Å². The monoisotopic (exact) mass is 298 g/mol. The van der Waals surface area contributed by atoms with Gasteiger partial charge in [-0.05, 0) is 26.0 Å². The van der Waals surface area contributed by atoms with Crippen molar-refractivity contribution in [2.45, 2.75) is 26.7 Å². The van der Waals surface area contributed by atoms with Crippen molar-refractivity contribution in [3.05, 3.63) is 36.4 Å². The van der Waals surface area contributed by atoms with Gasteiger partial charge in [-0.15, -0.1) is 0 Å². The van der Waals surface area contributed by atoms with Crippen LogP contribution in [0.1, 0.15) is 19.5 Å². The normalized spacial score (nSPS) is 11.9. The van der Waals surface area contributed by atoms with Gasteiger partial charge in [0.1, 0.15) is 6.67 Å². The molecule has 20 heavy (non-hydrogen) atoms. The predicted molar refractivity (Wildman–Crippen MR) is 74.4 cm³/mol. The van der Waals surface area contributed by atoms with Gasteiger partial charge in [0.05, 0.1) is 25.1 Å². The highest BCUT2D eigenvalue weighted by Gasteiger charge is 2.25. The molecule has 7 nitrogen and oxygen atoms in total. The molecule has 8 heteroatoms. The SMILES string of the molecule is CCOP(=O)(Cc1ccn(Cn2cccn2)n1)OCC. The van der Waals surface area contributed by atoms with Gasteiger partial charge in [-0.25, -0.2) is 0 Å². The molecule has 0 bridgehead atoms. The lowest BCUT2D eigenvalue weighted by molar-refractivity contribution is 0.219. The summed E-state index contributed by atoms with van der Waals surface area (Å²) >= 11 is 0. The highest BCUT2D eigenvalue weighted by molar-refractivity contribution is 7.53. The molecule has 0 fully saturated rings. The lowest BCUT2D eigenvalue weighted by Gasteiger charge is -2.15. The van der Waals surface area contributed by atoms with Crippen LogP contribution in [0.2, 0.25) is 0 Å². The molecule has 0 unspecified atom stereocenters.